The zero-order chi connectivity index (χ0) is 11.0. The quantitative estimate of drug-likeness (QED) is 0.839. The third kappa shape index (κ3) is 2.33. The number of hydrogen-bond acceptors (Lipinski definition) is 2. The molecule has 1 N–H and O–H groups in total. The van der Waals surface area contributed by atoms with Crippen molar-refractivity contribution in [3.8, 4) is 0 Å². The summed E-state index contributed by atoms with van der Waals surface area (Å²) >= 11 is 2.05. The van der Waals surface area contributed by atoms with Crippen LogP contribution in [0.4, 0.5) is 0 Å². The van der Waals surface area contributed by atoms with Crippen molar-refractivity contribution in [2.75, 3.05) is 6.54 Å². The van der Waals surface area contributed by atoms with Gasteiger partial charge in [-0.2, -0.15) is 0 Å². The van der Waals surface area contributed by atoms with Crippen molar-refractivity contribution in [2.24, 2.45) is 5.92 Å². The van der Waals surface area contributed by atoms with Crippen LogP contribution in [0.5, 0.6) is 0 Å². The van der Waals surface area contributed by atoms with Gasteiger partial charge in [0.25, 0.3) is 0 Å². The summed E-state index contributed by atoms with van der Waals surface area (Å²) in [5.41, 5.74) is 1.64. The second kappa shape index (κ2) is 4.50. The van der Waals surface area contributed by atoms with E-state index in [1.54, 1.807) is 15.3 Å². The first-order valence-corrected chi connectivity index (χ1v) is 7.49. The molecule has 0 spiro atoms. The summed E-state index contributed by atoms with van der Waals surface area (Å²) in [7, 11) is 0. The summed E-state index contributed by atoms with van der Waals surface area (Å²) in [6, 6.07) is 3.03. The van der Waals surface area contributed by atoms with Crippen LogP contribution in [0.2, 0.25) is 0 Å². The molecule has 88 valence electrons. The Labute approximate surface area is 102 Å². The molecule has 2 aliphatic carbocycles. The van der Waals surface area contributed by atoms with E-state index in [2.05, 4.69) is 29.6 Å². The molecule has 0 aliphatic heterocycles. The molecule has 2 aliphatic rings. The Bertz CT molecular complexity index is 341. The molecule has 1 aromatic heterocycles. The number of rotatable bonds is 4. The molecular formula is C14H21NS. The molecule has 1 saturated carbocycles. The summed E-state index contributed by atoms with van der Waals surface area (Å²) in [6.07, 6.45) is 8.34. The minimum absolute atomic E-state index is 0.566. The molecule has 1 heterocycles. The summed E-state index contributed by atoms with van der Waals surface area (Å²) in [4.78, 5) is 3.23. The van der Waals surface area contributed by atoms with Crippen LogP contribution in [-0.4, -0.2) is 6.54 Å². The smallest absolute Gasteiger partial charge is 0.0386 e. The van der Waals surface area contributed by atoms with E-state index in [9.17, 15) is 0 Å². The molecule has 1 unspecified atom stereocenters. The lowest BCUT2D eigenvalue weighted by Gasteiger charge is -2.11. The molecule has 2 heteroatoms. The molecule has 1 aromatic rings. The highest BCUT2D eigenvalue weighted by molar-refractivity contribution is 7.12. The lowest BCUT2D eigenvalue weighted by atomic mass is 9.99. The molecule has 0 radical (unpaired) electrons. The Kier molecular flexibility index (Phi) is 3.03. The van der Waals surface area contributed by atoms with Crippen LogP contribution in [0.3, 0.4) is 0 Å². The Morgan fingerprint density at radius 1 is 1.38 bits per heavy atom. The van der Waals surface area contributed by atoms with Gasteiger partial charge in [-0.25, -0.2) is 0 Å². The van der Waals surface area contributed by atoms with Gasteiger partial charge in [0.15, 0.2) is 0 Å². The molecular weight excluding hydrogens is 214 g/mol. The van der Waals surface area contributed by atoms with Gasteiger partial charge in [0.2, 0.25) is 0 Å². The van der Waals surface area contributed by atoms with Crippen LogP contribution in [0.1, 0.15) is 54.0 Å². The number of thiophene rings is 1. The van der Waals surface area contributed by atoms with Crippen LogP contribution in [-0.2, 0) is 12.8 Å². The zero-order valence-corrected chi connectivity index (χ0v) is 10.9. The van der Waals surface area contributed by atoms with E-state index in [0.29, 0.717) is 6.04 Å². The van der Waals surface area contributed by atoms with Gasteiger partial charge in [0.1, 0.15) is 0 Å². The third-order valence-corrected chi connectivity index (χ3v) is 5.27. The fraction of sp³-hybridized carbons (Fsp3) is 0.714. The second-order valence-corrected chi connectivity index (χ2v) is 6.55. The maximum absolute atomic E-state index is 3.68. The SMILES string of the molecule is CC(NCC1CC1)c1cc2c(s1)CCCC2. The molecule has 1 fully saturated rings. The van der Waals surface area contributed by atoms with Crippen LogP contribution in [0, 0.1) is 5.92 Å². The maximum Gasteiger partial charge on any atom is 0.0386 e. The molecule has 0 aromatic carbocycles. The normalized spacial score (nSPS) is 21.8. The number of hydrogen-bond donors (Lipinski definition) is 1. The first-order valence-electron chi connectivity index (χ1n) is 6.68. The summed E-state index contributed by atoms with van der Waals surface area (Å²) in [5, 5.41) is 3.68. The molecule has 1 nitrogen and oxygen atoms in total. The van der Waals surface area contributed by atoms with Crippen molar-refractivity contribution in [1.82, 2.24) is 5.32 Å². The number of fused-ring (bicyclic) bond motifs is 1. The van der Waals surface area contributed by atoms with E-state index in [1.807, 2.05) is 0 Å². The second-order valence-electron chi connectivity index (χ2n) is 5.38. The maximum atomic E-state index is 3.68. The number of aryl methyl sites for hydroxylation is 2. The van der Waals surface area contributed by atoms with Gasteiger partial charge in [-0.1, -0.05) is 0 Å². The van der Waals surface area contributed by atoms with Crippen molar-refractivity contribution in [3.05, 3.63) is 21.4 Å². The lowest BCUT2D eigenvalue weighted by Crippen LogP contribution is -2.20. The van der Waals surface area contributed by atoms with Gasteiger partial charge in [-0.3, -0.25) is 0 Å². The monoisotopic (exact) mass is 235 g/mol. The first-order chi connectivity index (χ1) is 7.83. The first kappa shape index (κ1) is 10.8. The van der Waals surface area contributed by atoms with Crippen molar-refractivity contribution in [1.29, 1.82) is 0 Å². The lowest BCUT2D eigenvalue weighted by molar-refractivity contribution is 0.555. The van der Waals surface area contributed by atoms with Gasteiger partial charge in [-0.15, -0.1) is 11.3 Å². The highest BCUT2D eigenvalue weighted by atomic mass is 32.1. The Morgan fingerprint density at radius 2 is 2.19 bits per heavy atom. The van der Waals surface area contributed by atoms with Crippen molar-refractivity contribution >= 4 is 11.3 Å². The Hall–Kier alpha value is -0.340. The highest BCUT2D eigenvalue weighted by Crippen LogP contribution is 2.33. The van der Waals surface area contributed by atoms with E-state index in [0.717, 1.165) is 5.92 Å². The van der Waals surface area contributed by atoms with E-state index in [-0.39, 0.29) is 0 Å². The van der Waals surface area contributed by atoms with E-state index >= 15 is 0 Å². The molecule has 3 rings (SSSR count). The van der Waals surface area contributed by atoms with Gasteiger partial charge in [0, 0.05) is 15.8 Å². The van der Waals surface area contributed by atoms with Crippen LogP contribution < -0.4 is 5.32 Å². The fourth-order valence-electron chi connectivity index (χ4n) is 2.49. The van der Waals surface area contributed by atoms with Crippen LogP contribution in [0.15, 0.2) is 6.07 Å². The predicted octanol–water partition coefficient (Wildman–Crippen LogP) is 3.69. The van der Waals surface area contributed by atoms with Gasteiger partial charge >= 0.3 is 0 Å². The zero-order valence-electron chi connectivity index (χ0n) is 10.1. The number of nitrogens with one attached hydrogen (secondary N) is 1. The molecule has 0 bridgehead atoms. The van der Waals surface area contributed by atoms with Gasteiger partial charge in [0.05, 0.1) is 0 Å². The van der Waals surface area contributed by atoms with Crippen molar-refractivity contribution in [2.45, 2.75) is 51.5 Å². The third-order valence-electron chi connectivity index (χ3n) is 3.85. The topological polar surface area (TPSA) is 12.0 Å². The van der Waals surface area contributed by atoms with E-state index < -0.39 is 0 Å². The minimum Gasteiger partial charge on any atom is -0.309 e. The molecule has 0 saturated heterocycles. The summed E-state index contributed by atoms with van der Waals surface area (Å²) in [6.45, 7) is 3.55. The molecule has 1 atom stereocenters. The summed E-state index contributed by atoms with van der Waals surface area (Å²) < 4.78 is 0. The van der Waals surface area contributed by atoms with Crippen molar-refractivity contribution < 1.29 is 0 Å². The van der Waals surface area contributed by atoms with Crippen molar-refractivity contribution in [3.63, 3.8) is 0 Å². The van der Waals surface area contributed by atoms with E-state index in [4.69, 9.17) is 0 Å². The van der Waals surface area contributed by atoms with Gasteiger partial charge < -0.3 is 5.32 Å². The summed E-state index contributed by atoms with van der Waals surface area (Å²) in [5.74, 6) is 0.983. The van der Waals surface area contributed by atoms with Crippen LogP contribution >= 0.6 is 11.3 Å². The standard InChI is InChI=1S/C14H21NS/c1-10(15-9-11-6-7-11)14-8-12-4-2-3-5-13(12)16-14/h8,10-11,15H,2-7,9H2,1H3. The fourth-order valence-corrected chi connectivity index (χ4v) is 3.78. The average Bonchev–Trinajstić information content (AvgIpc) is 3.02. The molecule has 16 heavy (non-hydrogen) atoms. The predicted molar refractivity (Wildman–Crippen MR) is 70.1 cm³/mol. The average molecular weight is 235 g/mol. The Morgan fingerprint density at radius 3 is 2.94 bits per heavy atom. The highest BCUT2D eigenvalue weighted by Gasteiger charge is 2.22. The Balaban J connectivity index is 1.65. The van der Waals surface area contributed by atoms with Gasteiger partial charge in [-0.05, 0) is 69.5 Å². The van der Waals surface area contributed by atoms with E-state index in [1.165, 1.54) is 45.1 Å². The minimum atomic E-state index is 0.566. The largest absolute Gasteiger partial charge is 0.309 e. The molecule has 0 amide bonds. The van der Waals surface area contributed by atoms with Crippen LogP contribution in [0.25, 0.3) is 0 Å².